The third kappa shape index (κ3) is 2.73. The first-order valence-electron chi connectivity index (χ1n) is 6.82. The van der Waals surface area contributed by atoms with Crippen LogP contribution in [0.3, 0.4) is 0 Å². The largest absolute Gasteiger partial charge is 0.276 e. The molecule has 0 saturated carbocycles. The second-order valence-corrected chi connectivity index (χ2v) is 6.38. The Balaban J connectivity index is 1.79. The molecular formula is C14H20N4S. The van der Waals surface area contributed by atoms with Crippen molar-refractivity contribution in [1.82, 2.24) is 15.2 Å². The third-order valence-electron chi connectivity index (χ3n) is 3.74. The van der Waals surface area contributed by atoms with E-state index in [0.29, 0.717) is 0 Å². The third-order valence-corrected chi connectivity index (χ3v) is 5.09. The van der Waals surface area contributed by atoms with Crippen molar-refractivity contribution in [2.24, 2.45) is 12.9 Å². The summed E-state index contributed by atoms with van der Waals surface area (Å²) in [7, 11) is 1.94. The van der Waals surface area contributed by atoms with Gasteiger partial charge in [-0.3, -0.25) is 16.0 Å². The lowest BCUT2D eigenvalue weighted by molar-refractivity contribution is 0.549. The molecule has 1 aliphatic rings. The Morgan fingerprint density at radius 2 is 2.32 bits per heavy atom. The summed E-state index contributed by atoms with van der Waals surface area (Å²) in [6.45, 7) is 0. The van der Waals surface area contributed by atoms with Crippen LogP contribution in [0.1, 0.15) is 39.9 Å². The molecule has 0 aliphatic heterocycles. The summed E-state index contributed by atoms with van der Waals surface area (Å²) in [6.07, 6.45) is 7.94. The van der Waals surface area contributed by atoms with Gasteiger partial charge < -0.3 is 0 Å². The SMILES string of the molecule is Cn1ccc(CC(NN)c2cc3c(s2)CCCC3)n1. The normalized spacial score (nSPS) is 16.3. The summed E-state index contributed by atoms with van der Waals surface area (Å²) in [4.78, 5) is 2.91. The fourth-order valence-corrected chi connectivity index (χ4v) is 4.03. The van der Waals surface area contributed by atoms with Crippen LogP contribution in [0.2, 0.25) is 0 Å². The number of nitrogens with zero attached hydrogens (tertiary/aromatic N) is 2. The monoisotopic (exact) mass is 276 g/mol. The Labute approximate surface area is 117 Å². The van der Waals surface area contributed by atoms with E-state index in [2.05, 4.69) is 22.7 Å². The van der Waals surface area contributed by atoms with Crippen LogP contribution in [-0.4, -0.2) is 9.78 Å². The van der Waals surface area contributed by atoms with Crippen molar-refractivity contribution in [2.45, 2.75) is 38.1 Å². The van der Waals surface area contributed by atoms with E-state index in [4.69, 9.17) is 5.84 Å². The smallest absolute Gasteiger partial charge is 0.0644 e. The molecule has 0 radical (unpaired) electrons. The predicted octanol–water partition coefficient (Wildman–Crippen LogP) is 2.11. The topological polar surface area (TPSA) is 55.9 Å². The zero-order valence-corrected chi connectivity index (χ0v) is 12.0. The molecule has 1 unspecified atom stereocenters. The summed E-state index contributed by atoms with van der Waals surface area (Å²) in [5.41, 5.74) is 5.56. The van der Waals surface area contributed by atoms with Crippen LogP contribution in [0.5, 0.6) is 0 Å². The van der Waals surface area contributed by atoms with Crippen molar-refractivity contribution in [2.75, 3.05) is 0 Å². The average molecular weight is 276 g/mol. The maximum absolute atomic E-state index is 5.74. The highest BCUT2D eigenvalue weighted by Crippen LogP contribution is 2.33. The highest BCUT2D eigenvalue weighted by atomic mass is 32.1. The number of hydrogen-bond donors (Lipinski definition) is 2. The van der Waals surface area contributed by atoms with E-state index in [1.807, 2.05) is 29.3 Å². The summed E-state index contributed by atoms with van der Waals surface area (Å²) < 4.78 is 1.84. The van der Waals surface area contributed by atoms with Crippen LogP contribution >= 0.6 is 11.3 Å². The number of hydrogen-bond acceptors (Lipinski definition) is 4. The molecule has 19 heavy (non-hydrogen) atoms. The molecule has 0 aromatic carbocycles. The zero-order chi connectivity index (χ0) is 13.2. The minimum absolute atomic E-state index is 0.172. The van der Waals surface area contributed by atoms with E-state index in [1.165, 1.54) is 36.1 Å². The second kappa shape index (κ2) is 5.45. The Morgan fingerprint density at radius 3 is 3.00 bits per heavy atom. The molecule has 102 valence electrons. The number of nitrogens with one attached hydrogen (secondary N) is 1. The quantitative estimate of drug-likeness (QED) is 0.664. The van der Waals surface area contributed by atoms with Gasteiger partial charge in [0.25, 0.3) is 0 Å². The molecule has 0 bridgehead atoms. The Hall–Kier alpha value is -1.17. The lowest BCUT2D eigenvalue weighted by Gasteiger charge is -2.12. The maximum Gasteiger partial charge on any atom is 0.0644 e. The van der Waals surface area contributed by atoms with E-state index in [1.54, 1.807) is 4.88 Å². The number of hydrazine groups is 1. The molecule has 4 nitrogen and oxygen atoms in total. The van der Waals surface area contributed by atoms with Crippen LogP contribution < -0.4 is 11.3 Å². The van der Waals surface area contributed by atoms with Crippen molar-refractivity contribution in [3.8, 4) is 0 Å². The fourth-order valence-electron chi connectivity index (χ4n) is 2.71. The van der Waals surface area contributed by atoms with Crippen LogP contribution in [0.15, 0.2) is 18.3 Å². The van der Waals surface area contributed by atoms with E-state index < -0.39 is 0 Å². The zero-order valence-electron chi connectivity index (χ0n) is 11.2. The van der Waals surface area contributed by atoms with Gasteiger partial charge in [-0.05, 0) is 43.4 Å². The van der Waals surface area contributed by atoms with Gasteiger partial charge in [0.15, 0.2) is 0 Å². The number of fused-ring (bicyclic) bond motifs is 1. The van der Waals surface area contributed by atoms with E-state index in [0.717, 1.165) is 12.1 Å². The van der Waals surface area contributed by atoms with Crippen LogP contribution in [0, 0.1) is 0 Å². The van der Waals surface area contributed by atoms with Gasteiger partial charge >= 0.3 is 0 Å². The van der Waals surface area contributed by atoms with Gasteiger partial charge in [-0.15, -0.1) is 11.3 Å². The standard InChI is InChI=1S/C14H20N4S/c1-18-7-6-11(17-18)9-12(16-15)14-8-10-4-2-3-5-13(10)19-14/h6-8,12,16H,2-5,9,15H2,1H3. The number of rotatable bonds is 4. The molecule has 2 heterocycles. The van der Waals surface area contributed by atoms with E-state index in [9.17, 15) is 0 Å². The molecule has 0 saturated heterocycles. The molecule has 2 aromatic heterocycles. The maximum atomic E-state index is 5.74. The Morgan fingerprint density at radius 1 is 1.47 bits per heavy atom. The molecule has 0 spiro atoms. The van der Waals surface area contributed by atoms with Gasteiger partial charge in [0.2, 0.25) is 0 Å². The fraction of sp³-hybridized carbons (Fsp3) is 0.500. The summed E-state index contributed by atoms with van der Waals surface area (Å²) >= 11 is 1.92. The number of nitrogens with two attached hydrogens (primary N) is 1. The van der Waals surface area contributed by atoms with Gasteiger partial charge in [-0.2, -0.15) is 5.10 Å². The Kier molecular flexibility index (Phi) is 3.68. The predicted molar refractivity (Wildman–Crippen MR) is 77.9 cm³/mol. The minimum Gasteiger partial charge on any atom is -0.276 e. The molecule has 0 amide bonds. The van der Waals surface area contributed by atoms with Crippen molar-refractivity contribution < 1.29 is 0 Å². The number of aromatic nitrogens is 2. The first kappa shape index (κ1) is 12.8. The van der Waals surface area contributed by atoms with Crippen LogP contribution in [0.4, 0.5) is 0 Å². The van der Waals surface area contributed by atoms with Crippen molar-refractivity contribution in [3.05, 3.63) is 39.3 Å². The molecule has 1 aliphatic carbocycles. The van der Waals surface area contributed by atoms with Crippen LogP contribution in [-0.2, 0) is 26.3 Å². The van der Waals surface area contributed by atoms with Gasteiger partial charge in [-0.25, -0.2) is 0 Å². The van der Waals surface area contributed by atoms with Crippen LogP contribution in [0.25, 0.3) is 0 Å². The molecule has 3 rings (SSSR count). The van der Waals surface area contributed by atoms with Crippen molar-refractivity contribution >= 4 is 11.3 Å². The van der Waals surface area contributed by atoms with E-state index >= 15 is 0 Å². The molecule has 2 aromatic rings. The first-order chi connectivity index (χ1) is 9.26. The van der Waals surface area contributed by atoms with Gasteiger partial charge in [0, 0.05) is 29.4 Å². The summed E-state index contributed by atoms with van der Waals surface area (Å²) in [6, 6.07) is 4.57. The van der Waals surface area contributed by atoms with E-state index in [-0.39, 0.29) is 6.04 Å². The molecular weight excluding hydrogens is 256 g/mol. The number of aryl methyl sites for hydroxylation is 3. The molecule has 0 fully saturated rings. The van der Waals surface area contributed by atoms with Crippen molar-refractivity contribution in [1.29, 1.82) is 0 Å². The van der Waals surface area contributed by atoms with Gasteiger partial charge in [0.1, 0.15) is 0 Å². The van der Waals surface area contributed by atoms with Gasteiger partial charge in [0.05, 0.1) is 11.7 Å². The van der Waals surface area contributed by atoms with Crippen molar-refractivity contribution in [3.63, 3.8) is 0 Å². The molecule has 3 N–H and O–H groups in total. The summed E-state index contributed by atoms with van der Waals surface area (Å²) in [5, 5.41) is 4.43. The molecule has 1 atom stereocenters. The average Bonchev–Trinajstić information content (AvgIpc) is 3.01. The highest BCUT2D eigenvalue weighted by Gasteiger charge is 2.19. The first-order valence-corrected chi connectivity index (χ1v) is 7.64. The highest BCUT2D eigenvalue weighted by molar-refractivity contribution is 7.12. The second-order valence-electron chi connectivity index (χ2n) is 5.21. The summed E-state index contributed by atoms with van der Waals surface area (Å²) in [5.74, 6) is 5.74. The lowest BCUT2D eigenvalue weighted by atomic mass is 9.98. The van der Waals surface area contributed by atoms with Gasteiger partial charge in [-0.1, -0.05) is 0 Å². The minimum atomic E-state index is 0.172. The number of thiophene rings is 1. The lowest BCUT2D eigenvalue weighted by Crippen LogP contribution is -2.29. The molecule has 5 heteroatoms. The Bertz CT molecular complexity index is 534.